The summed E-state index contributed by atoms with van der Waals surface area (Å²) in [5.41, 5.74) is 1.21. The van der Waals surface area contributed by atoms with E-state index >= 15 is 0 Å². The Bertz CT molecular complexity index is 773. The predicted octanol–water partition coefficient (Wildman–Crippen LogP) is 3.28. The van der Waals surface area contributed by atoms with Crippen molar-refractivity contribution in [3.8, 4) is 17.3 Å². The van der Waals surface area contributed by atoms with Crippen LogP contribution in [0.5, 0.6) is 5.88 Å². The SMILES string of the molecule is CC(F)c1nnc(-c2ccc(COc3ccc(F)cn3)nc2)o1. The van der Waals surface area contributed by atoms with E-state index < -0.39 is 12.0 Å². The van der Waals surface area contributed by atoms with Gasteiger partial charge in [-0.15, -0.1) is 10.2 Å². The quantitative estimate of drug-likeness (QED) is 0.719. The van der Waals surface area contributed by atoms with Gasteiger partial charge in [0.05, 0.1) is 17.5 Å². The lowest BCUT2D eigenvalue weighted by atomic mass is 10.2. The second-order valence-electron chi connectivity index (χ2n) is 4.70. The number of halogens is 2. The molecule has 0 saturated heterocycles. The molecule has 1 unspecified atom stereocenters. The highest BCUT2D eigenvalue weighted by atomic mass is 19.1. The van der Waals surface area contributed by atoms with Gasteiger partial charge in [-0.3, -0.25) is 4.98 Å². The molecular weight excluding hydrogens is 306 g/mol. The summed E-state index contributed by atoms with van der Waals surface area (Å²) in [6.07, 6.45) is 1.28. The standard InChI is InChI=1S/C15H12F2N4O2/c1-9(16)14-20-21-15(23-14)10-2-4-12(18-6-10)8-22-13-5-3-11(17)7-19-13/h2-7,9H,8H2,1H3. The highest BCUT2D eigenvalue weighted by Gasteiger charge is 2.14. The first-order chi connectivity index (χ1) is 11.1. The van der Waals surface area contributed by atoms with Crippen molar-refractivity contribution in [1.82, 2.24) is 20.2 Å². The summed E-state index contributed by atoms with van der Waals surface area (Å²) in [4.78, 5) is 7.98. The predicted molar refractivity (Wildman–Crippen MR) is 75.6 cm³/mol. The summed E-state index contributed by atoms with van der Waals surface area (Å²) in [5, 5.41) is 7.38. The van der Waals surface area contributed by atoms with E-state index in [1.807, 2.05) is 0 Å². The van der Waals surface area contributed by atoms with E-state index in [-0.39, 0.29) is 18.4 Å². The summed E-state index contributed by atoms with van der Waals surface area (Å²) in [7, 11) is 0. The molecule has 8 heteroatoms. The molecular formula is C15H12F2N4O2. The Morgan fingerprint density at radius 2 is 2.00 bits per heavy atom. The zero-order valence-corrected chi connectivity index (χ0v) is 12.1. The number of aromatic nitrogens is 4. The van der Waals surface area contributed by atoms with E-state index in [0.29, 0.717) is 17.1 Å². The molecule has 0 fully saturated rings. The third-order valence-corrected chi connectivity index (χ3v) is 2.92. The van der Waals surface area contributed by atoms with Crippen molar-refractivity contribution < 1.29 is 17.9 Å². The molecule has 6 nitrogen and oxygen atoms in total. The molecule has 0 aliphatic carbocycles. The highest BCUT2D eigenvalue weighted by Crippen LogP contribution is 2.21. The molecule has 0 aromatic carbocycles. The van der Waals surface area contributed by atoms with Crippen molar-refractivity contribution in [2.75, 3.05) is 0 Å². The van der Waals surface area contributed by atoms with Gasteiger partial charge in [0.1, 0.15) is 12.4 Å². The van der Waals surface area contributed by atoms with E-state index in [9.17, 15) is 8.78 Å². The van der Waals surface area contributed by atoms with Crippen LogP contribution in [0.15, 0.2) is 41.1 Å². The number of pyridine rings is 2. The van der Waals surface area contributed by atoms with Crippen LogP contribution in [0, 0.1) is 5.82 Å². The van der Waals surface area contributed by atoms with Gasteiger partial charge < -0.3 is 9.15 Å². The van der Waals surface area contributed by atoms with Gasteiger partial charge in [-0.1, -0.05) is 0 Å². The molecule has 3 aromatic rings. The zero-order valence-electron chi connectivity index (χ0n) is 12.1. The molecule has 0 aliphatic rings. The molecule has 3 heterocycles. The Hall–Kier alpha value is -2.90. The molecule has 1 atom stereocenters. The Morgan fingerprint density at radius 3 is 2.61 bits per heavy atom. The maximum Gasteiger partial charge on any atom is 0.250 e. The van der Waals surface area contributed by atoms with Crippen molar-refractivity contribution in [2.45, 2.75) is 19.7 Å². The number of ether oxygens (including phenoxy) is 1. The molecule has 0 aliphatic heterocycles. The number of alkyl halides is 1. The molecule has 0 amide bonds. The molecule has 3 aromatic heterocycles. The zero-order chi connectivity index (χ0) is 16.2. The van der Waals surface area contributed by atoms with Crippen LogP contribution in [0.25, 0.3) is 11.5 Å². The van der Waals surface area contributed by atoms with E-state index in [1.54, 1.807) is 12.1 Å². The van der Waals surface area contributed by atoms with E-state index in [1.165, 1.54) is 25.3 Å². The van der Waals surface area contributed by atoms with E-state index in [0.717, 1.165) is 6.20 Å². The molecule has 118 valence electrons. The maximum absolute atomic E-state index is 13.1. The van der Waals surface area contributed by atoms with Gasteiger partial charge in [0.25, 0.3) is 5.89 Å². The Balaban J connectivity index is 1.65. The Labute approximate surface area is 130 Å². The van der Waals surface area contributed by atoms with Crippen LogP contribution in [0.3, 0.4) is 0 Å². The summed E-state index contributed by atoms with van der Waals surface area (Å²) in [5.74, 6) is -0.00318. The third kappa shape index (κ3) is 3.65. The van der Waals surface area contributed by atoms with Gasteiger partial charge in [-0.2, -0.15) is 0 Å². The fraction of sp³-hybridized carbons (Fsp3) is 0.200. The van der Waals surface area contributed by atoms with Gasteiger partial charge in [-0.25, -0.2) is 13.8 Å². The number of hydrogen-bond donors (Lipinski definition) is 0. The lowest BCUT2D eigenvalue weighted by Gasteiger charge is -2.04. The molecule has 0 N–H and O–H groups in total. The lowest BCUT2D eigenvalue weighted by molar-refractivity contribution is 0.288. The molecule has 3 rings (SSSR count). The van der Waals surface area contributed by atoms with Crippen LogP contribution in [0.2, 0.25) is 0 Å². The molecule has 0 spiro atoms. The van der Waals surface area contributed by atoms with Crippen LogP contribution in [0.4, 0.5) is 8.78 Å². The van der Waals surface area contributed by atoms with Crippen LogP contribution in [-0.4, -0.2) is 20.2 Å². The second kappa shape index (κ2) is 6.47. The number of rotatable bonds is 5. The van der Waals surface area contributed by atoms with Gasteiger partial charge in [0, 0.05) is 12.3 Å². The highest BCUT2D eigenvalue weighted by molar-refractivity contribution is 5.50. The molecule has 0 radical (unpaired) electrons. The largest absolute Gasteiger partial charge is 0.471 e. The van der Waals surface area contributed by atoms with Crippen LogP contribution < -0.4 is 4.74 Å². The smallest absolute Gasteiger partial charge is 0.250 e. The number of nitrogens with zero attached hydrogens (tertiary/aromatic N) is 4. The Morgan fingerprint density at radius 1 is 1.13 bits per heavy atom. The van der Waals surface area contributed by atoms with Crippen LogP contribution in [0.1, 0.15) is 24.7 Å². The molecule has 0 bridgehead atoms. The Kier molecular flexibility index (Phi) is 4.22. The van der Waals surface area contributed by atoms with E-state index in [4.69, 9.17) is 9.15 Å². The molecule has 0 saturated carbocycles. The average Bonchev–Trinajstić information content (AvgIpc) is 3.05. The van der Waals surface area contributed by atoms with Crippen molar-refractivity contribution >= 4 is 0 Å². The summed E-state index contributed by atoms with van der Waals surface area (Å²) >= 11 is 0. The van der Waals surface area contributed by atoms with Crippen LogP contribution >= 0.6 is 0 Å². The number of hydrogen-bond acceptors (Lipinski definition) is 6. The minimum Gasteiger partial charge on any atom is -0.471 e. The first-order valence-electron chi connectivity index (χ1n) is 6.79. The second-order valence-corrected chi connectivity index (χ2v) is 4.70. The average molecular weight is 318 g/mol. The summed E-state index contributed by atoms with van der Waals surface area (Å²) in [6.45, 7) is 1.50. The van der Waals surface area contributed by atoms with Gasteiger partial charge in [-0.05, 0) is 25.1 Å². The lowest BCUT2D eigenvalue weighted by Crippen LogP contribution is -1.99. The maximum atomic E-state index is 13.1. The first kappa shape index (κ1) is 15.0. The van der Waals surface area contributed by atoms with Gasteiger partial charge in [0.15, 0.2) is 6.17 Å². The van der Waals surface area contributed by atoms with Crippen molar-refractivity contribution in [3.05, 3.63) is 54.1 Å². The summed E-state index contributed by atoms with van der Waals surface area (Å²) in [6, 6.07) is 6.12. The monoisotopic (exact) mass is 318 g/mol. The topological polar surface area (TPSA) is 73.9 Å². The fourth-order valence-corrected chi connectivity index (χ4v) is 1.74. The first-order valence-corrected chi connectivity index (χ1v) is 6.79. The summed E-state index contributed by atoms with van der Waals surface area (Å²) < 4.78 is 36.4. The van der Waals surface area contributed by atoms with Gasteiger partial charge >= 0.3 is 0 Å². The van der Waals surface area contributed by atoms with Crippen molar-refractivity contribution in [2.24, 2.45) is 0 Å². The van der Waals surface area contributed by atoms with Crippen LogP contribution in [-0.2, 0) is 6.61 Å². The third-order valence-electron chi connectivity index (χ3n) is 2.92. The van der Waals surface area contributed by atoms with Crippen molar-refractivity contribution in [1.29, 1.82) is 0 Å². The fourth-order valence-electron chi connectivity index (χ4n) is 1.74. The normalized spacial score (nSPS) is 12.1. The van der Waals surface area contributed by atoms with Crippen molar-refractivity contribution in [3.63, 3.8) is 0 Å². The minimum atomic E-state index is -1.32. The minimum absolute atomic E-state index is 0.0743. The van der Waals surface area contributed by atoms with Gasteiger partial charge in [0.2, 0.25) is 11.8 Å². The van der Waals surface area contributed by atoms with E-state index in [2.05, 4.69) is 20.2 Å². The molecule has 23 heavy (non-hydrogen) atoms.